The zero-order valence-electron chi connectivity index (χ0n) is 12.8. The molecule has 0 aliphatic heterocycles. The lowest BCUT2D eigenvalue weighted by molar-refractivity contribution is -0.00000608. The maximum atomic E-state index is 9.22. The Kier molecular flexibility index (Phi) is 6.75. The van der Waals surface area contributed by atoms with Crippen molar-refractivity contribution in [2.75, 3.05) is 13.7 Å². The van der Waals surface area contributed by atoms with Crippen LogP contribution in [-0.2, 0) is 6.54 Å². The Bertz CT molecular complexity index is 611. The average molecular weight is 345 g/mol. The molecule has 0 fully saturated rings. The third kappa shape index (κ3) is 4.65. The van der Waals surface area contributed by atoms with Crippen LogP contribution in [0.2, 0.25) is 5.02 Å². The van der Waals surface area contributed by atoms with Crippen molar-refractivity contribution in [1.82, 2.24) is 5.32 Å². The Morgan fingerprint density at radius 1 is 1.27 bits per heavy atom. The number of ether oxygens (including phenoxy) is 1. The van der Waals surface area contributed by atoms with Crippen molar-refractivity contribution in [3.63, 3.8) is 0 Å². The van der Waals surface area contributed by atoms with E-state index < -0.39 is 0 Å². The predicted molar refractivity (Wildman–Crippen MR) is 83.7 cm³/mol. The lowest BCUT2D eigenvalue weighted by Crippen LogP contribution is -3.00. The summed E-state index contributed by atoms with van der Waals surface area (Å²) in [5.41, 5.74) is 0.560. The molecule has 0 atom stereocenters. The third-order valence-corrected chi connectivity index (χ3v) is 3.53. The number of hydrogen-bond acceptors (Lipinski definition) is 4. The van der Waals surface area contributed by atoms with Crippen LogP contribution in [0.1, 0.15) is 19.6 Å². The van der Waals surface area contributed by atoms with Gasteiger partial charge in [-0.15, -0.1) is 0 Å². The SMILES string of the molecule is COc1ccc(-c2ccc(CNC(C)(C)CO)o2)cc1Cl.[Cl-]. The number of halogens is 2. The Balaban J connectivity index is 0.00000242. The predicted octanol–water partition coefficient (Wildman–Crippen LogP) is 0.473. The maximum absolute atomic E-state index is 9.22. The first kappa shape index (κ1) is 18.8. The van der Waals surface area contributed by atoms with Crippen molar-refractivity contribution in [2.45, 2.75) is 25.9 Å². The van der Waals surface area contributed by atoms with E-state index in [4.69, 9.17) is 20.8 Å². The minimum atomic E-state index is -0.337. The van der Waals surface area contributed by atoms with Gasteiger partial charge in [0.2, 0.25) is 0 Å². The summed E-state index contributed by atoms with van der Waals surface area (Å²) in [5, 5.41) is 13.0. The van der Waals surface area contributed by atoms with Crippen LogP contribution in [0.3, 0.4) is 0 Å². The van der Waals surface area contributed by atoms with Gasteiger partial charge < -0.3 is 32.0 Å². The van der Waals surface area contributed by atoms with Gasteiger partial charge in [0.25, 0.3) is 0 Å². The van der Waals surface area contributed by atoms with Gasteiger partial charge in [0, 0.05) is 11.1 Å². The lowest BCUT2D eigenvalue weighted by atomic mass is 10.1. The van der Waals surface area contributed by atoms with Crippen LogP contribution in [0.15, 0.2) is 34.7 Å². The van der Waals surface area contributed by atoms with Crippen LogP contribution in [0.5, 0.6) is 5.75 Å². The second-order valence-electron chi connectivity index (χ2n) is 5.51. The van der Waals surface area contributed by atoms with Gasteiger partial charge in [0.05, 0.1) is 25.3 Å². The molecule has 4 nitrogen and oxygen atoms in total. The highest BCUT2D eigenvalue weighted by molar-refractivity contribution is 6.32. The molecule has 0 spiro atoms. The van der Waals surface area contributed by atoms with E-state index in [-0.39, 0.29) is 24.6 Å². The fourth-order valence-electron chi connectivity index (χ4n) is 1.83. The highest BCUT2D eigenvalue weighted by Crippen LogP contribution is 2.31. The highest BCUT2D eigenvalue weighted by Gasteiger charge is 2.16. The number of hydrogen-bond donors (Lipinski definition) is 2. The topological polar surface area (TPSA) is 54.6 Å². The normalized spacial score (nSPS) is 11.1. The van der Waals surface area contributed by atoms with E-state index in [0.717, 1.165) is 17.1 Å². The molecule has 2 aromatic rings. The molecule has 0 radical (unpaired) electrons. The number of furan rings is 1. The molecule has 0 aliphatic rings. The van der Waals surface area contributed by atoms with Crippen LogP contribution in [0.25, 0.3) is 11.3 Å². The number of benzene rings is 1. The summed E-state index contributed by atoms with van der Waals surface area (Å²) >= 11 is 6.12. The van der Waals surface area contributed by atoms with Gasteiger partial charge in [-0.1, -0.05) is 11.6 Å². The quantitative estimate of drug-likeness (QED) is 0.800. The molecule has 0 saturated carbocycles. The molecule has 0 aliphatic carbocycles. The van der Waals surface area contributed by atoms with E-state index in [1.54, 1.807) is 7.11 Å². The van der Waals surface area contributed by atoms with Crippen molar-refractivity contribution < 1.29 is 26.7 Å². The Labute approximate surface area is 141 Å². The zero-order valence-corrected chi connectivity index (χ0v) is 14.3. The molecule has 0 unspecified atom stereocenters. The summed E-state index contributed by atoms with van der Waals surface area (Å²) in [6.07, 6.45) is 0. The van der Waals surface area contributed by atoms with Gasteiger partial charge in [-0.2, -0.15) is 0 Å². The van der Waals surface area contributed by atoms with Crippen LogP contribution in [-0.4, -0.2) is 24.4 Å². The summed E-state index contributed by atoms with van der Waals surface area (Å²) in [5.74, 6) is 2.19. The van der Waals surface area contributed by atoms with Crippen LogP contribution in [0.4, 0.5) is 0 Å². The largest absolute Gasteiger partial charge is 1.00 e. The van der Waals surface area contributed by atoms with Crippen LogP contribution >= 0.6 is 11.6 Å². The van der Waals surface area contributed by atoms with E-state index in [1.807, 2.05) is 44.2 Å². The fraction of sp³-hybridized carbons (Fsp3) is 0.375. The molecule has 0 saturated heterocycles. The molecular weight excluding hydrogens is 325 g/mol. The lowest BCUT2D eigenvalue weighted by Gasteiger charge is -2.22. The minimum absolute atomic E-state index is 0. The molecular formula is C16H20Cl2NO3-. The molecule has 1 aromatic heterocycles. The maximum Gasteiger partial charge on any atom is 0.137 e. The van der Waals surface area contributed by atoms with Gasteiger partial charge in [-0.05, 0) is 44.2 Å². The Morgan fingerprint density at radius 3 is 2.59 bits per heavy atom. The van der Waals surface area contributed by atoms with Crippen LogP contribution < -0.4 is 22.5 Å². The zero-order chi connectivity index (χ0) is 15.5. The fourth-order valence-corrected chi connectivity index (χ4v) is 2.09. The Hall–Kier alpha value is -1.20. The second-order valence-corrected chi connectivity index (χ2v) is 5.92. The molecule has 1 aromatic carbocycles. The standard InChI is InChI=1S/C16H20ClNO3.ClH/c1-16(2,10-19)18-9-12-5-7-14(21-12)11-4-6-15(20-3)13(17)8-11;/h4-8,18-19H,9-10H2,1-3H3;1H/p-1. The van der Waals surface area contributed by atoms with Crippen molar-refractivity contribution in [1.29, 1.82) is 0 Å². The first-order chi connectivity index (χ1) is 9.95. The number of methoxy groups -OCH3 is 1. The molecule has 6 heteroatoms. The first-order valence-electron chi connectivity index (χ1n) is 6.74. The molecule has 0 bridgehead atoms. The van der Waals surface area contributed by atoms with E-state index >= 15 is 0 Å². The summed E-state index contributed by atoms with van der Waals surface area (Å²) in [6.45, 7) is 4.48. The number of rotatable bonds is 6. The van der Waals surface area contributed by atoms with Crippen molar-refractivity contribution in [3.05, 3.63) is 41.1 Å². The highest BCUT2D eigenvalue weighted by atomic mass is 35.5. The van der Waals surface area contributed by atoms with Gasteiger partial charge in [0.15, 0.2) is 0 Å². The molecule has 2 N–H and O–H groups in total. The summed E-state index contributed by atoms with van der Waals surface area (Å²) < 4.78 is 10.9. The third-order valence-electron chi connectivity index (χ3n) is 3.23. The van der Waals surface area contributed by atoms with Gasteiger partial charge in [-0.3, -0.25) is 0 Å². The number of aliphatic hydroxyl groups excluding tert-OH is 1. The second kappa shape index (κ2) is 7.88. The molecule has 22 heavy (non-hydrogen) atoms. The molecule has 122 valence electrons. The monoisotopic (exact) mass is 344 g/mol. The number of nitrogens with one attached hydrogen (secondary N) is 1. The van der Waals surface area contributed by atoms with Crippen molar-refractivity contribution in [3.8, 4) is 17.1 Å². The summed E-state index contributed by atoms with van der Waals surface area (Å²) in [4.78, 5) is 0. The van der Waals surface area contributed by atoms with Gasteiger partial charge >= 0.3 is 0 Å². The van der Waals surface area contributed by atoms with Crippen molar-refractivity contribution in [2.24, 2.45) is 0 Å². The van der Waals surface area contributed by atoms with E-state index in [2.05, 4.69) is 5.32 Å². The van der Waals surface area contributed by atoms with E-state index in [9.17, 15) is 5.11 Å². The molecule has 2 rings (SSSR count). The van der Waals surface area contributed by atoms with Crippen molar-refractivity contribution >= 4 is 11.6 Å². The van der Waals surface area contributed by atoms with Gasteiger partial charge in [-0.25, -0.2) is 0 Å². The smallest absolute Gasteiger partial charge is 0.137 e. The van der Waals surface area contributed by atoms with E-state index in [0.29, 0.717) is 17.3 Å². The van der Waals surface area contributed by atoms with E-state index in [1.165, 1.54) is 0 Å². The van der Waals surface area contributed by atoms with Gasteiger partial charge in [0.1, 0.15) is 17.3 Å². The first-order valence-corrected chi connectivity index (χ1v) is 7.11. The Morgan fingerprint density at radius 2 is 2.00 bits per heavy atom. The summed E-state index contributed by atoms with van der Waals surface area (Å²) in [6, 6.07) is 9.34. The van der Waals surface area contributed by atoms with Crippen LogP contribution in [0, 0.1) is 0 Å². The summed E-state index contributed by atoms with van der Waals surface area (Å²) in [7, 11) is 1.58. The molecule has 0 amide bonds. The average Bonchev–Trinajstić information content (AvgIpc) is 2.94. The number of aliphatic hydroxyl groups is 1. The minimum Gasteiger partial charge on any atom is -1.00 e. The molecule has 1 heterocycles.